The molecule has 0 heterocycles. The van der Waals surface area contributed by atoms with Crippen LogP contribution in [0.2, 0.25) is 0 Å². The predicted octanol–water partition coefficient (Wildman–Crippen LogP) is 7.07. The van der Waals surface area contributed by atoms with E-state index in [1.54, 1.807) is 0 Å². The number of aliphatic carboxylic acids is 1. The van der Waals surface area contributed by atoms with E-state index in [1.165, 1.54) is 12.0 Å². The Morgan fingerprint density at radius 1 is 0.852 bits per heavy atom. The molecule has 144 valence electrons. The lowest BCUT2D eigenvalue weighted by molar-refractivity contribution is -0.132. The van der Waals surface area contributed by atoms with E-state index in [0.29, 0.717) is 5.57 Å². The smallest absolute Gasteiger partial charge is 0.336 e. The van der Waals surface area contributed by atoms with Gasteiger partial charge in [0.25, 0.3) is 0 Å². The molecular weight excluding hydrogens is 332 g/mol. The summed E-state index contributed by atoms with van der Waals surface area (Å²) < 4.78 is 0. The summed E-state index contributed by atoms with van der Waals surface area (Å²) in [5.74, 6) is -0.891. The summed E-state index contributed by atoms with van der Waals surface area (Å²) in [5, 5.41) is 9.79. The highest BCUT2D eigenvalue weighted by Crippen LogP contribution is 2.34. The Balaban J connectivity index is 0.00000114. The topological polar surface area (TPSA) is 37.3 Å². The van der Waals surface area contributed by atoms with Gasteiger partial charge in [0.05, 0.1) is 5.57 Å². The fraction of sp³-hybridized carbons (Fsp3) is 0.320. The SMILES string of the molecule is CC(C)=C(C(=O)O)/C(=C(\C)c1ccc(C)cc1)c1cccc(C)c1.CCC. The summed E-state index contributed by atoms with van der Waals surface area (Å²) >= 11 is 0. The van der Waals surface area contributed by atoms with Crippen LogP contribution in [-0.2, 0) is 4.79 Å². The van der Waals surface area contributed by atoms with Crippen LogP contribution >= 0.6 is 0 Å². The van der Waals surface area contributed by atoms with Gasteiger partial charge in [-0.1, -0.05) is 85.5 Å². The van der Waals surface area contributed by atoms with Crippen molar-refractivity contribution in [3.05, 3.63) is 81.9 Å². The van der Waals surface area contributed by atoms with Crippen LogP contribution in [0.3, 0.4) is 0 Å². The van der Waals surface area contributed by atoms with Crippen molar-refractivity contribution in [2.24, 2.45) is 0 Å². The minimum absolute atomic E-state index is 0.374. The molecule has 27 heavy (non-hydrogen) atoms. The van der Waals surface area contributed by atoms with Crippen molar-refractivity contribution in [1.29, 1.82) is 0 Å². The van der Waals surface area contributed by atoms with Crippen LogP contribution in [0.25, 0.3) is 11.1 Å². The third-order valence-electron chi connectivity index (χ3n) is 4.13. The minimum atomic E-state index is -0.891. The summed E-state index contributed by atoms with van der Waals surface area (Å²) in [5.41, 5.74) is 7.20. The normalized spacial score (nSPS) is 11.1. The highest BCUT2D eigenvalue weighted by atomic mass is 16.4. The molecule has 0 fully saturated rings. The Morgan fingerprint density at radius 2 is 1.41 bits per heavy atom. The van der Waals surface area contributed by atoms with Crippen LogP contribution in [0, 0.1) is 13.8 Å². The van der Waals surface area contributed by atoms with E-state index in [1.807, 2.05) is 71.0 Å². The number of allylic oxidation sites excluding steroid dienone is 2. The molecule has 0 amide bonds. The van der Waals surface area contributed by atoms with E-state index in [0.717, 1.165) is 33.4 Å². The van der Waals surface area contributed by atoms with Crippen LogP contribution in [0.1, 0.15) is 63.3 Å². The quantitative estimate of drug-likeness (QED) is 0.358. The van der Waals surface area contributed by atoms with Crippen LogP contribution in [0.4, 0.5) is 0 Å². The van der Waals surface area contributed by atoms with Gasteiger partial charge in [0, 0.05) is 0 Å². The number of benzene rings is 2. The lowest BCUT2D eigenvalue weighted by Gasteiger charge is -2.16. The number of hydrogen-bond donors (Lipinski definition) is 1. The molecule has 2 rings (SSSR count). The third kappa shape index (κ3) is 6.25. The molecule has 0 unspecified atom stereocenters. The molecule has 0 bridgehead atoms. The van der Waals surface area contributed by atoms with Gasteiger partial charge in [0.2, 0.25) is 0 Å². The predicted molar refractivity (Wildman–Crippen MR) is 117 cm³/mol. The van der Waals surface area contributed by atoms with Crippen molar-refractivity contribution in [3.63, 3.8) is 0 Å². The zero-order valence-electron chi connectivity index (χ0n) is 17.7. The Bertz CT molecular complexity index is 833. The second-order valence-corrected chi connectivity index (χ2v) is 7.12. The first-order valence-corrected chi connectivity index (χ1v) is 9.48. The summed E-state index contributed by atoms with van der Waals surface area (Å²) in [6.45, 7) is 14.0. The lowest BCUT2D eigenvalue weighted by Crippen LogP contribution is -2.07. The van der Waals surface area contributed by atoms with Crippen molar-refractivity contribution in [1.82, 2.24) is 0 Å². The average molecular weight is 365 g/mol. The van der Waals surface area contributed by atoms with Gasteiger partial charge in [-0.15, -0.1) is 0 Å². The molecule has 2 heteroatoms. The van der Waals surface area contributed by atoms with Crippen molar-refractivity contribution < 1.29 is 9.90 Å². The molecule has 0 aliphatic heterocycles. The van der Waals surface area contributed by atoms with Gasteiger partial charge in [-0.25, -0.2) is 4.79 Å². The Hall–Kier alpha value is -2.61. The molecule has 0 saturated carbocycles. The third-order valence-corrected chi connectivity index (χ3v) is 4.13. The first kappa shape index (κ1) is 22.4. The number of hydrogen-bond acceptors (Lipinski definition) is 1. The van der Waals surface area contributed by atoms with Gasteiger partial charge in [0.15, 0.2) is 0 Å². The number of rotatable bonds is 4. The van der Waals surface area contributed by atoms with E-state index < -0.39 is 5.97 Å². The largest absolute Gasteiger partial charge is 0.478 e. The molecule has 0 aliphatic carbocycles. The number of carboxylic acids is 1. The molecule has 0 aromatic heterocycles. The zero-order valence-corrected chi connectivity index (χ0v) is 17.7. The molecule has 2 aromatic rings. The fourth-order valence-electron chi connectivity index (χ4n) is 2.87. The molecule has 2 nitrogen and oxygen atoms in total. The molecular formula is C25H32O2. The van der Waals surface area contributed by atoms with Crippen LogP contribution in [0.15, 0.2) is 59.7 Å². The molecule has 0 radical (unpaired) electrons. The number of carbonyl (C=O) groups is 1. The fourth-order valence-corrected chi connectivity index (χ4v) is 2.87. The maximum atomic E-state index is 11.9. The monoisotopic (exact) mass is 364 g/mol. The van der Waals surface area contributed by atoms with E-state index in [2.05, 4.69) is 26.0 Å². The first-order valence-electron chi connectivity index (χ1n) is 9.48. The highest BCUT2D eigenvalue weighted by molar-refractivity contribution is 6.12. The van der Waals surface area contributed by atoms with Crippen LogP contribution in [0.5, 0.6) is 0 Å². The standard InChI is InChI=1S/C22H24O2.C3H8/c1-14(2)20(22(23)24)21(19-8-6-7-16(4)13-19)17(5)18-11-9-15(3)10-12-18;1-3-2/h6-13H,1-5H3,(H,23,24);3H2,1-2H3/b21-17+;. The molecule has 1 N–H and O–H groups in total. The number of carboxylic acid groups (broad SMARTS) is 1. The first-order chi connectivity index (χ1) is 12.7. The molecule has 0 aliphatic rings. The van der Waals surface area contributed by atoms with E-state index >= 15 is 0 Å². The van der Waals surface area contributed by atoms with Gasteiger partial charge < -0.3 is 5.11 Å². The van der Waals surface area contributed by atoms with Gasteiger partial charge in [-0.2, -0.15) is 0 Å². The minimum Gasteiger partial charge on any atom is -0.478 e. The summed E-state index contributed by atoms with van der Waals surface area (Å²) in [6.07, 6.45) is 1.25. The maximum absolute atomic E-state index is 11.9. The average Bonchev–Trinajstić information content (AvgIpc) is 2.59. The van der Waals surface area contributed by atoms with Crippen LogP contribution < -0.4 is 0 Å². The molecule has 0 saturated heterocycles. The van der Waals surface area contributed by atoms with E-state index in [4.69, 9.17) is 0 Å². The van der Waals surface area contributed by atoms with Crippen LogP contribution in [-0.4, -0.2) is 11.1 Å². The highest BCUT2D eigenvalue weighted by Gasteiger charge is 2.20. The Labute approximate surface area is 164 Å². The van der Waals surface area contributed by atoms with Gasteiger partial charge in [-0.05, 0) is 56.9 Å². The van der Waals surface area contributed by atoms with Crippen molar-refractivity contribution in [2.45, 2.75) is 54.9 Å². The Kier molecular flexibility index (Phi) is 8.74. The Morgan fingerprint density at radius 3 is 1.85 bits per heavy atom. The van der Waals surface area contributed by atoms with Crippen molar-refractivity contribution >= 4 is 17.1 Å². The van der Waals surface area contributed by atoms with E-state index in [-0.39, 0.29) is 0 Å². The molecule has 0 atom stereocenters. The number of aryl methyl sites for hydroxylation is 2. The summed E-state index contributed by atoms with van der Waals surface area (Å²) in [4.78, 5) is 11.9. The second-order valence-electron chi connectivity index (χ2n) is 7.12. The summed E-state index contributed by atoms with van der Waals surface area (Å²) in [6, 6.07) is 16.2. The van der Waals surface area contributed by atoms with Gasteiger partial charge in [0.1, 0.15) is 0 Å². The van der Waals surface area contributed by atoms with Gasteiger partial charge >= 0.3 is 5.97 Å². The second kappa shape index (κ2) is 10.5. The van der Waals surface area contributed by atoms with E-state index in [9.17, 15) is 9.90 Å². The molecule has 2 aromatic carbocycles. The zero-order chi connectivity index (χ0) is 20.6. The van der Waals surface area contributed by atoms with Crippen molar-refractivity contribution in [3.8, 4) is 0 Å². The maximum Gasteiger partial charge on any atom is 0.336 e. The van der Waals surface area contributed by atoms with Crippen molar-refractivity contribution in [2.75, 3.05) is 0 Å². The molecule has 0 spiro atoms. The lowest BCUT2D eigenvalue weighted by atomic mass is 9.87. The summed E-state index contributed by atoms with van der Waals surface area (Å²) in [7, 11) is 0. The van der Waals surface area contributed by atoms with Gasteiger partial charge in [-0.3, -0.25) is 0 Å².